The summed E-state index contributed by atoms with van der Waals surface area (Å²) >= 11 is 0. The third-order valence-electron chi connectivity index (χ3n) is 2.76. The number of amides is 1. The Bertz CT molecular complexity index is 371. The largest absolute Gasteiger partial charge is 0.397 e. The topological polar surface area (TPSA) is 51.3 Å². The maximum atomic E-state index is 12.3. The first-order chi connectivity index (χ1) is 8.13. The first-order valence-corrected chi connectivity index (χ1v) is 6.38. The van der Waals surface area contributed by atoms with Crippen LogP contribution in [0.4, 0.5) is 5.69 Å². The van der Waals surface area contributed by atoms with Crippen LogP contribution in [0.5, 0.6) is 0 Å². The van der Waals surface area contributed by atoms with Crippen molar-refractivity contribution in [2.75, 3.05) is 18.8 Å². The number of aromatic nitrogens is 1. The molecule has 0 radical (unpaired) electrons. The molecule has 2 N–H and O–H groups in total. The summed E-state index contributed by atoms with van der Waals surface area (Å²) in [4.78, 5) is 14.2. The fraction of sp³-hybridized carbons (Fsp3) is 0.615. The lowest BCUT2D eigenvalue weighted by atomic mass is 10.3. The van der Waals surface area contributed by atoms with Crippen LogP contribution in [0.1, 0.15) is 44.1 Å². The molecule has 0 aliphatic rings. The average Bonchev–Trinajstić information content (AvgIpc) is 2.67. The zero-order valence-electron chi connectivity index (χ0n) is 11.1. The first-order valence-electron chi connectivity index (χ1n) is 6.38. The highest BCUT2D eigenvalue weighted by Gasteiger charge is 2.17. The Labute approximate surface area is 103 Å². The average molecular weight is 237 g/mol. The van der Waals surface area contributed by atoms with Gasteiger partial charge in [0.2, 0.25) is 0 Å². The third kappa shape index (κ3) is 3.25. The van der Waals surface area contributed by atoms with Gasteiger partial charge in [0.1, 0.15) is 5.69 Å². The molecule has 4 heteroatoms. The van der Waals surface area contributed by atoms with Crippen LogP contribution >= 0.6 is 0 Å². The van der Waals surface area contributed by atoms with Crippen molar-refractivity contribution >= 4 is 11.6 Å². The SMILES string of the molecule is CCCN(CC)C(=O)c1cc(N)cn1CCC. The van der Waals surface area contributed by atoms with Crippen LogP contribution in [0.15, 0.2) is 12.3 Å². The molecule has 0 unspecified atom stereocenters. The number of carbonyl (C=O) groups is 1. The van der Waals surface area contributed by atoms with Gasteiger partial charge in [-0.3, -0.25) is 4.79 Å². The van der Waals surface area contributed by atoms with Crippen molar-refractivity contribution in [2.45, 2.75) is 40.2 Å². The minimum absolute atomic E-state index is 0.0829. The van der Waals surface area contributed by atoms with Crippen LogP contribution in [0.3, 0.4) is 0 Å². The molecule has 0 fully saturated rings. The van der Waals surface area contributed by atoms with Crippen molar-refractivity contribution in [3.05, 3.63) is 18.0 Å². The number of hydrogen-bond donors (Lipinski definition) is 1. The number of anilines is 1. The quantitative estimate of drug-likeness (QED) is 0.825. The summed E-state index contributed by atoms with van der Waals surface area (Å²) in [5, 5.41) is 0. The second kappa shape index (κ2) is 6.33. The standard InChI is InChI=1S/C13H23N3O/c1-4-7-15(6-3)13(17)12-9-11(14)10-16(12)8-5-2/h9-10H,4-8,14H2,1-3H3. The Morgan fingerprint density at radius 3 is 2.59 bits per heavy atom. The molecular formula is C13H23N3O. The molecule has 1 aromatic rings. The highest BCUT2D eigenvalue weighted by atomic mass is 16.2. The molecule has 0 saturated carbocycles. The summed E-state index contributed by atoms with van der Waals surface area (Å²) in [6, 6.07) is 1.77. The van der Waals surface area contributed by atoms with E-state index >= 15 is 0 Å². The predicted molar refractivity (Wildman–Crippen MR) is 71.0 cm³/mol. The summed E-state index contributed by atoms with van der Waals surface area (Å²) in [5.41, 5.74) is 7.14. The van der Waals surface area contributed by atoms with Gasteiger partial charge in [-0.2, -0.15) is 0 Å². The van der Waals surface area contributed by atoms with E-state index in [0.717, 1.165) is 32.5 Å². The van der Waals surface area contributed by atoms with E-state index in [4.69, 9.17) is 5.73 Å². The second-order valence-corrected chi connectivity index (χ2v) is 4.24. The van der Waals surface area contributed by atoms with Gasteiger partial charge in [-0.25, -0.2) is 0 Å². The number of carbonyl (C=O) groups excluding carboxylic acids is 1. The van der Waals surface area contributed by atoms with Gasteiger partial charge in [0, 0.05) is 25.8 Å². The number of aryl methyl sites for hydroxylation is 1. The number of hydrogen-bond acceptors (Lipinski definition) is 2. The van der Waals surface area contributed by atoms with Crippen LogP contribution < -0.4 is 5.73 Å². The van der Waals surface area contributed by atoms with Crippen molar-refractivity contribution in [3.8, 4) is 0 Å². The van der Waals surface area contributed by atoms with E-state index in [1.54, 1.807) is 6.07 Å². The van der Waals surface area contributed by atoms with Crippen molar-refractivity contribution in [1.29, 1.82) is 0 Å². The minimum atomic E-state index is 0.0829. The fourth-order valence-corrected chi connectivity index (χ4v) is 1.97. The lowest BCUT2D eigenvalue weighted by molar-refractivity contribution is 0.0753. The summed E-state index contributed by atoms with van der Waals surface area (Å²) in [7, 11) is 0. The Hall–Kier alpha value is -1.45. The molecule has 0 aliphatic heterocycles. The molecule has 0 bridgehead atoms. The number of nitrogen functional groups attached to an aromatic ring is 1. The molecule has 17 heavy (non-hydrogen) atoms. The molecule has 1 amide bonds. The molecule has 1 rings (SSSR count). The van der Waals surface area contributed by atoms with Gasteiger partial charge in [-0.05, 0) is 25.8 Å². The van der Waals surface area contributed by atoms with Gasteiger partial charge < -0.3 is 15.2 Å². The lowest BCUT2D eigenvalue weighted by Gasteiger charge is -2.20. The number of nitrogens with zero attached hydrogens (tertiary/aromatic N) is 2. The minimum Gasteiger partial charge on any atom is -0.397 e. The van der Waals surface area contributed by atoms with Crippen molar-refractivity contribution < 1.29 is 4.79 Å². The Balaban J connectivity index is 2.93. The molecule has 0 aromatic carbocycles. The maximum absolute atomic E-state index is 12.3. The summed E-state index contributed by atoms with van der Waals surface area (Å²) in [6.07, 6.45) is 3.81. The summed E-state index contributed by atoms with van der Waals surface area (Å²) in [5.74, 6) is 0.0829. The molecule has 1 aromatic heterocycles. The van der Waals surface area contributed by atoms with E-state index in [-0.39, 0.29) is 5.91 Å². The Kier molecular flexibility index (Phi) is 5.07. The van der Waals surface area contributed by atoms with Gasteiger partial charge in [-0.1, -0.05) is 13.8 Å². The van der Waals surface area contributed by atoms with E-state index in [1.165, 1.54) is 0 Å². The molecule has 4 nitrogen and oxygen atoms in total. The van der Waals surface area contributed by atoms with E-state index in [1.807, 2.05) is 22.6 Å². The second-order valence-electron chi connectivity index (χ2n) is 4.24. The van der Waals surface area contributed by atoms with Crippen LogP contribution in [0, 0.1) is 0 Å². The van der Waals surface area contributed by atoms with E-state index in [2.05, 4.69) is 13.8 Å². The molecule has 0 spiro atoms. The summed E-state index contributed by atoms with van der Waals surface area (Å²) < 4.78 is 1.95. The van der Waals surface area contributed by atoms with Crippen LogP contribution in [-0.2, 0) is 6.54 Å². The monoisotopic (exact) mass is 237 g/mol. The molecule has 1 heterocycles. The van der Waals surface area contributed by atoms with Crippen molar-refractivity contribution in [2.24, 2.45) is 0 Å². The zero-order chi connectivity index (χ0) is 12.8. The van der Waals surface area contributed by atoms with E-state index in [0.29, 0.717) is 11.4 Å². The van der Waals surface area contributed by atoms with Crippen LogP contribution in [0.2, 0.25) is 0 Å². The van der Waals surface area contributed by atoms with Crippen molar-refractivity contribution in [1.82, 2.24) is 9.47 Å². The Morgan fingerprint density at radius 1 is 1.35 bits per heavy atom. The number of rotatable bonds is 6. The van der Waals surface area contributed by atoms with E-state index in [9.17, 15) is 4.79 Å². The first kappa shape index (κ1) is 13.6. The van der Waals surface area contributed by atoms with Gasteiger partial charge in [-0.15, -0.1) is 0 Å². The molecule has 0 atom stereocenters. The van der Waals surface area contributed by atoms with E-state index < -0.39 is 0 Å². The number of nitrogens with two attached hydrogens (primary N) is 1. The van der Waals surface area contributed by atoms with Gasteiger partial charge in [0.15, 0.2) is 0 Å². The molecular weight excluding hydrogens is 214 g/mol. The van der Waals surface area contributed by atoms with Crippen molar-refractivity contribution in [3.63, 3.8) is 0 Å². The maximum Gasteiger partial charge on any atom is 0.270 e. The van der Waals surface area contributed by atoms with Crippen LogP contribution in [-0.4, -0.2) is 28.5 Å². The normalized spacial score (nSPS) is 10.5. The molecule has 96 valence electrons. The predicted octanol–water partition coefficient (Wildman–Crippen LogP) is 2.35. The highest BCUT2D eigenvalue weighted by molar-refractivity contribution is 5.93. The molecule has 0 aliphatic carbocycles. The summed E-state index contributed by atoms with van der Waals surface area (Å²) in [6.45, 7) is 8.55. The smallest absolute Gasteiger partial charge is 0.270 e. The molecule has 0 saturated heterocycles. The highest BCUT2D eigenvalue weighted by Crippen LogP contribution is 2.14. The van der Waals surface area contributed by atoms with Gasteiger partial charge >= 0.3 is 0 Å². The lowest BCUT2D eigenvalue weighted by Crippen LogP contribution is -2.33. The van der Waals surface area contributed by atoms with Gasteiger partial charge in [0.05, 0.1) is 5.69 Å². The zero-order valence-corrected chi connectivity index (χ0v) is 11.1. The Morgan fingerprint density at radius 2 is 2.06 bits per heavy atom. The third-order valence-corrected chi connectivity index (χ3v) is 2.76. The van der Waals surface area contributed by atoms with Gasteiger partial charge in [0.25, 0.3) is 5.91 Å². The van der Waals surface area contributed by atoms with Crippen LogP contribution in [0.25, 0.3) is 0 Å². The fourth-order valence-electron chi connectivity index (χ4n) is 1.97.